The van der Waals surface area contributed by atoms with Gasteiger partial charge in [-0.1, -0.05) is 35.9 Å². The number of rotatable bonds is 4. The molecule has 2 aromatic carbocycles. The number of thioether (sulfide) groups is 1. The first-order valence-corrected chi connectivity index (χ1v) is 9.50. The van der Waals surface area contributed by atoms with Gasteiger partial charge in [-0.2, -0.15) is 0 Å². The number of esters is 1. The number of fused-ring (bicyclic) bond motifs is 1. The van der Waals surface area contributed by atoms with Crippen molar-refractivity contribution in [2.45, 2.75) is 23.1 Å². The molecule has 136 valence electrons. The van der Waals surface area contributed by atoms with E-state index in [0.717, 1.165) is 10.5 Å². The number of hydrogen-bond donors (Lipinski definition) is 1. The van der Waals surface area contributed by atoms with Crippen molar-refractivity contribution in [1.29, 1.82) is 0 Å². The molecule has 0 saturated carbocycles. The van der Waals surface area contributed by atoms with Crippen molar-refractivity contribution in [3.63, 3.8) is 0 Å². The number of ether oxygens (including phenoxy) is 1. The van der Waals surface area contributed by atoms with Crippen LogP contribution in [-0.2, 0) is 14.3 Å². The maximum Gasteiger partial charge on any atom is 0.326 e. The Morgan fingerprint density at radius 2 is 1.92 bits per heavy atom. The molecule has 1 aliphatic heterocycles. The van der Waals surface area contributed by atoms with Crippen molar-refractivity contribution in [1.82, 2.24) is 0 Å². The minimum absolute atomic E-state index is 0.161. The Morgan fingerprint density at radius 3 is 2.62 bits per heavy atom. The van der Waals surface area contributed by atoms with E-state index < -0.39 is 12.0 Å². The van der Waals surface area contributed by atoms with Gasteiger partial charge in [-0.15, -0.1) is 11.8 Å². The number of amides is 1. The third-order valence-corrected chi connectivity index (χ3v) is 5.75. The SMILES string of the molecule is CCOC(=O)CN1C(=O)C(N)C(c2ccc(Cl)cc2)Sc2ccccc21. The molecule has 0 radical (unpaired) electrons. The lowest BCUT2D eigenvalue weighted by molar-refractivity contribution is -0.142. The summed E-state index contributed by atoms with van der Waals surface area (Å²) >= 11 is 7.48. The van der Waals surface area contributed by atoms with Crippen LogP contribution in [0.1, 0.15) is 17.7 Å². The van der Waals surface area contributed by atoms with E-state index in [0.29, 0.717) is 10.7 Å². The fraction of sp³-hybridized carbons (Fsp3) is 0.263. The maximum absolute atomic E-state index is 13.1. The molecule has 1 aliphatic rings. The smallest absolute Gasteiger partial charge is 0.326 e. The molecule has 1 heterocycles. The van der Waals surface area contributed by atoms with Crippen molar-refractivity contribution in [3.05, 3.63) is 59.1 Å². The average Bonchev–Trinajstić information content (AvgIpc) is 2.73. The topological polar surface area (TPSA) is 72.6 Å². The summed E-state index contributed by atoms with van der Waals surface area (Å²) < 4.78 is 5.01. The van der Waals surface area contributed by atoms with E-state index in [1.165, 1.54) is 16.7 Å². The number of para-hydroxylation sites is 1. The second kappa shape index (κ2) is 8.12. The summed E-state index contributed by atoms with van der Waals surface area (Å²) in [6.07, 6.45) is 0. The van der Waals surface area contributed by atoms with Crippen molar-refractivity contribution < 1.29 is 14.3 Å². The zero-order valence-corrected chi connectivity index (χ0v) is 15.8. The van der Waals surface area contributed by atoms with Gasteiger partial charge in [0, 0.05) is 9.92 Å². The Balaban J connectivity index is 2.00. The number of benzene rings is 2. The first-order valence-electron chi connectivity index (χ1n) is 8.25. The monoisotopic (exact) mass is 390 g/mol. The van der Waals surface area contributed by atoms with Gasteiger partial charge in [0.1, 0.15) is 12.6 Å². The highest BCUT2D eigenvalue weighted by Crippen LogP contribution is 2.45. The highest BCUT2D eigenvalue weighted by atomic mass is 35.5. The van der Waals surface area contributed by atoms with Gasteiger partial charge in [-0.25, -0.2) is 0 Å². The second-order valence-electron chi connectivity index (χ2n) is 5.81. The van der Waals surface area contributed by atoms with Crippen LogP contribution in [0.4, 0.5) is 5.69 Å². The van der Waals surface area contributed by atoms with E-state index in [1.807, 2.05) is 36.4 Å². The molecule has 0 bridgehead atoms. The normalized spacial score (nSPS) is 19.7. The van der Waals surface area contributed by atoms with Crippen LogP contribution in [-0.4, -0.2) is 31.1 Å². The molecule has 2 unspecified atom stereocenters. The van der Waals surface area contributed by atoms with Crippen molar-refractivity contribution >= 4 is 40.9 Å². The molecule has 2 aromatic rings. The fourth-order valence-corrected chi connectivity index (χ4v) is 4.26. The molecule has 5 nitrogen and oxygen atoms in total. The van der Waals surface area contributed by atoms with Gasteiger partial charge < -0.3 is 10.5 Å². The first kappa shape index (κ1) is 18.8. The van der Waals surface area contributed by atoms with Crippen LogP contribution in [0.2, 0.25) is 5.02 Å². The van der Waals surface area contributed by atoms with Crippen LogP contribution in [0.25, 0.3) is 0 Å². The van der Waals surface area contributed by atoms with Crippen molar-refractivity contribution in [2.75, 3.05) is 18.1 Å². The summed E-state index contributed by atoms with van der Waals surface area (Å²) in [5.74, 6) is -0.770. The Morgan fingerprint density at radius 1 is 1.23 bits per heavy atom. The number of carbonyl (C=O) groups is 2. The summed E-state index contributed by atoms with van der Waals surface area (Å²) in [5, 5.41) is 0.338. The molecule has 7 heteroatoms. The van der Waals surface area contributed by atoms with Crippen molar-refractivity contribution in [3.8, 4) is 0 Å². The summed E-state index contributed by atoms with van der Waals surface area (Å²) in [4.78, 5) is 27.4. The molecule has 0 aliphatic carbocycles. The minimum Gasteiger partial charge on any atom is -0.465 e. The minimum atomic E-state index is -0.803. The van der Waals surface area contributed by atoms with E-state index >= 15 is 0 Å². The molecule has 0 aromatic heterocycles. The van der Waals surface area contributed by atoms with E-state index in [-0.39, 0.29) is 24.3 Å². The van der Waals surface area contributed by atoms with Gasteiger partial charge in [0.15, 0.2) is 0 Å². The van der Waals surface area contributed by atoms with Gasteiger partial charge in [-0.05, 0) is 36.8 Å². The highest BCUT2D eigenvalue weighted by Gasteiger charge is 2.37. The Hall–Kier alpha value is -2.02. The van der Waals surface area contributed by atoms with E-state index in [1.54, 1.807) is 19.1 Å². The van der Waals surface area contributed by atoms with Gasteiger partial charge in [-0.3, -0.25) is 14.5 Å². The van der Waals surface area contributed by atoms with Crippen LogP contribution in [0.3, 0.4) is 0 Å². The zero-order chi connectivity index (χ0) is 18.7. The van der Waals surface area contributed by atoms with Crippen LogP contribution >= 0.6 is 23.4 Å². The quantitative estimate of drug-likeness (QED) is 0.810. The Kier molecular flexibility index (Phi) is 5.86. The number of halogens is 1. The molecule has 3 rings (SSSR count). The van der Waals surface area contributed by atoms with E-state index in [9.17, 15) is 9.59 Å². The summed E-state index contributed by atoms with van der Waals surface area (Å²) in [6.45, 7) is 1.83. The first-order chi connectivity index (χ1) is 12.5. The van der Waals surface area contributed by atoms with Crippen LogP contribution in [0.5, 0.6) is 0 Å². The summed E-state index contributed by atoms with van der Waals surface area (Å²) in [5.41, 5.74) is 7.89. The average molecular weight is 391 g/mol. The number of anilines is 1. The van der Waals surface area contributed by atoms with Gasteiger partial charge in [0.25, 0.3) is 0 Å². The summed E-state index contributed by atoms with van der Waals surface area (Å²) in [7, 11) is 0. The third-order valence-electron chi connectivity index (χ3n) is 4.08. The molecular formula is C19H19ClN2O3S. The van der Waals surface area contributed by atoms with Gasteiger partial charge in [0.05, 0.1) is 17.5 Å². The lowest BCUT2D eigenvalue weighted by atomic mass is 10.0. The van der Waals surface area contributed by atoms with E-state index in [4.69, 9.17) is 22.1 Å². The number of hydrogen-bond acceptors (Lipinski definition) is 5. The largest absolute Gasteiger partial charge is 0.465 e. The number of nitrogens with zero attached hydrogens (tertiary/aromatic N) is 1. The lowest BCUT2D eigenvalue weighted by Gasteiger charge is -2.24. The van der Waals surface area contributed by atoms with Gasteiger partial charge >= 0.3 is 5.97 Å². The third kappa shape index (κ3) is 3.87. The van der Waals surface area contributed by atoms with Crippen LogP contribution < -0.4 is 10.6 Å². The Bertz CT molecular complexity index is 813. The van der Waals surface area contributed by atoms with Crippen LogP contribution in [0, 0.1) is 0 Å². The molecule has 0 fully saturated rings. The summed E-state index contributed by atoms with van der Waals surface area (Å²) in [6, 6.07) is 14.0. The second-order valence-corrected chi connectivity index (χ2v) is 7.43. The molecule has 1 amide bonds. The molecule has 0 spiro atoms. The van der Waals surface area contributed by atoms with E-state index in [2.05, 4.69) is 0 Å². The lowest BCUT2D eigenvalue weighted by Crippen LogP contribution is -2.47. The molecule has 2 atom stereocenters. The number of carbonyl (C=O) groups excluding carboxylic acids is 2. The molecular weight excluding hydrogens is 372 g/mol. The van der Waals surface area contributed by atoms with Crippen LogP contribution in [0.15, 0.2) is 53.4 Å². The molecule has 2 N–H and O–H groups in total. The zero-order valence-electron chi connectivity index (χ0n) is 14.2. The molecule has 26 heavy (non-hydrogen) atoms. The predicted octanol–water partition coefficient (Wildman–Crippen LogP) is 3.41. The standard InChI is InChI=1S/C19H19ClN2O3S/c1-2-25-16(23)11-22-14-5-3-4-6-15(14)26-18(17(21)19(22)24)12-7-9-13(20)10-8-12/h3-10,17-18H,2,11,21H2,1H3. The predicted molar refractivity (Wildman–Crippen MR) is 103 cm³/mol. The number of nitrogens with two attached hydrogens (primary N) is 1. The van der Waals surface area contributed by atoms with Crippen molar-refractivity contribution in [2.24, 2.45) is 5.73 Å². The molecule has 0 saturated heterocycles. The Labute approximate surface area is 161 Å². The van der Waals surface area contributed by atoms with Gasteiger partial charge in [0.2, 0.25) is 5.91 Å². The highest BCUT2D eigenvalue weighted by molar-refractivity contribution is 7.99. The maximum atomic E-state index is 13.1. The fourth-order valence-electron chi connectivity index (χ4n) is 2.84.